The number of benzene rings is 1. The topological polar surface area (TPSA) is 87.9 Å². The largest absolute Gasteiger partial charge is 0.413 e. The third kappa shape index (κ3) is 4.45. The number of rotatable bonds is 4. The molecule has 1 aromatic carbocycles. The Balaban J connectivity index is 1.26. The van der Waals surface area contributed by atoms with E-state index in [2.05, 4.69) is 10.1 Å². The number of aromatic nitrogens is 3. The quantitative estimate of drug-likeness (QED) is 0.436. The molecular weight excluding hydrogens is 555 g/mol. The fraction of sp³-hybridized carbons (Fsp3) is 0.500. The van der Waals surface area contributed by atoms with E-state index in [1.165, 1.54) is 12.1 Å². The number of hydrogen-bond acceptors (Lipinski definition) is 6. The SMILES string of the molecule is CN(C(=O)C1C[C@H]2CC[C@@H](C1)S2(=O)=O)[C@@H](c1ccc(N2CCCc3c2cnc2cc(Cl)nn32)cc1)C(F)(F)F. The van der Waals surface area contributed by atoms with Gasteiger partial charge in [0, 0.05) is 31.3 Å². The zero-order valence-corrected chi connectivity index (χ0v) is 22.7. The van der Waals surface area contributed by atoms with Gasteiger partial charge in [0.25, 0.3) is 0 Å². The molecule has 3 aromatic rings. The summed E-state index contributed by atoms with van der Waals surface area (Å²) in [6.45, 7) is 0.655. The van der Waals surface area contributed by atoms with Crippen LogP contribution in [0.3, 0.4) is 0 Å². The summed E-state index contributed by atoms with van der Waals surface area (Å²) in [5, 5.41) is 3.37. The molecule has 3 aliphatic rings. The number of alkyl halides is 3. The van der Waals surface area contributed by atoms with Crippen LogP contribution in [0.25, 0.3) is 5.65 Å². The molecule has 0 spiro atoms. The van der Waals surface area contributed by atoms with Crippen molar-refractivity contribution in [2.45, 2.75) is 61.2 Å². The number of carbonyl (C=O) groups is 1. The van der Waals surface area contributed by atoms with Gasteiger partial charge in [0.1, 0.15) is 0 Å². The van der Waals surface area contributed by atoms with Crippen molar-refractivity contribution < 1.29 is 26.4 Å². The molecule has 3 aliphatic heterocycles. The third-order valence-corrected chi connectivity index (χ3v) is 11.3. The lowest BCUT2D eigenvalue weighted by Gasteiger charge is -2.36. The smallest absolute Gasteiger partial charge is 0.339 e. The van der Waals surface area contributed by atoms with Crippen LogP contribution >= 0.6 is 11.6 Å². The van der Waals surface area contributed by atoms with E-state index in [0.717, 1.165) is 36.2 Å². The minimum Gasteiger partial charge on any atom is -0.339 e. The van der Waals surface area contributed by atoms with Crippen molar-refractivity contribution >= 4 is 44.4 Å². The van der Waals surface area contributed by atoms with Gasteiger partial charge >= 0.3 is 6.18 Å². The van der Waals surface area contributed by atoms with Gasteiger partial charge in [0.2, 0.25) is 5.91 Å². The van der Waals surface area contributed by atoms with E-state index in [0.29, 0.717) is 35.9 Å². The maximum Gasteiger partial charge on any atom is 0.413 e. The first kappa shape index (κ1) is 26.4. The molecular formula is C26H27ClF3N5O3S. The van der Waals surface area contributed by atoms with Gasteiger partial charge in [-0.2, -0.15) is 18.3 Å². The van der Waals surface area contributed by atoms with E-state index < -0.39 is 44.4 Å². The van der Waals surface area contributed by atoms with Gasteiger partial charge in [0.15, 0.2) is 26.7 Å². The molecule has 0 saturated carbocycles. The predicted molar refractivity (Wildman–Crippen MR) is 140 cm³/mol. The molecule has 0 radical (unpaired) electrons. The summed E-state index contributed by atoms with van der Waals surface area (Å²) in [4.78, 5) is 20.4. The monoisotopic (exact) mass is 581 g/mol. The Morgan fingerprint density at radius 1 is 1.15 bits per heavy atom. The van der Waals surface area contributed by atoms with Gasteiger partial charge < -0.3 is 9.80 Å². The van der Waals surface area contributed by atoms with Crippen LogP contribution in [-0.2, 0) is 21.1 Å². The minimum atomic E-state index is -4.71. The molecule has 2 fully saturated rings. The van der Waals surface area contributed by atoms with Crippen LogP contribution < -0.4 is 4.90 Å². The number of anilines is 2. The van der Waals surface area contributed by atoms with Crippen LogP contribution in [0.15, 0.2) is 36.5 Å². The number of sulfone groups is 1. The number of nitrogens with zero attached hydrogens (tertiary/aromatic N) is 5. The molecule has 0 aliphatic carbocycles. The molecule has 208 valence electrons. The highest BCUT2D eigenvalue weighted by atomic mass is 35.5. The first-order valence-corrected chi connectivity index (χ1v) is 14.9. The van der Waals surface area contributed by atoms with Gasteiger partial charge in [-0.25, -0.2) is 17.9 Å². The van der Waals surface area contributed by atoms with Crippen molar-refractivity contribution in [3.8, 4) is 0 Å². The van der Waals surface area contributed by atoms with Crippen molar-refractivity contribution in [3.63, 3.8) is 0 Å². The van der Waals surface area contributed by atoms with Crippen molar-refractivity contribution in [1.29, 1.82) is 0 Å². The second kappa shape index (κ2) is 9.36. The minimum absolute atomic E-state index is 0.0572. The van der Waals surface area contributed by atoms with Crippen LogP contribution in [0.1, 0.15) is 49.4 Å². The molecule has 1 amide bonds. The highest BCUT2D eigenvalue weighted by Gasteiger charge is 2.51. The maximum atomic E-state index is 14.3. The average Bonchev–Trinajstić information content (AvgIpc) is 3.29. The Kier molecular flexibility index (Phi) is 6.33. The average molecular weight is 582 g/mol. The van der Waals surface area contributed by atoms with Crippen molar-refractivity contribution in [3.05, 3.63) is 52.9 Å². The molecule has 2 aromatic heterocycles. The van der Waals surface area contributed by atoms with Crippen LogP contribution in [0.4, 0.5) is 24.5 Å². The molecule has 4 atom stereocenters. The lowest BCUT2D eigenvalue weighted by Crippen LogP contribution is -2.46. The van der Waals surface area contributed by atoms with Crippen LogP contribution in [0, 0.1) is 5.92 Å². The second-order valence-electron chi connectivity index (χ2n) is 10.6. The van der Waals surface area contributed by atoms with E-state index >= 15 is 0 Å². The van der Waals surface area contributed by atoms with E-state index in [4.69, 9.17) is 11.6 Å². The first-order chi connectivity index (χ1) is 18.4. The normalized spacial score (nSPS) is 24.9. The summed E-state index contributed by atoms with van der Waals surface area (Å²) in [7, 11) is -2.12. The zero-order valence-electron chi connectivity index (χ0n) is 21.1. The maximum absolute atomic E-state index is 14.3. The van der Waals surface area contributed by atoms with Crippen LogP contribution in [0.2, 0.25) is 5.15 Å². The molecule has 13 heteroatoms. The standard InChI is InChI=1S/C26H27ClF3N5O3S/c1-33(25(36)16-11-18-8-9-19(12-16)39(18,37)38)24(26(28,29)30)15-4-6-17(7-5-15)34-10-2-3-20-21(34)14-31-23-13-22(27)32-35(20)23/h4-7,13-14,16,18-19,24H,2-3,8-12H2,1H3/t16?,18-,19+,24-/m0/s1. The van der Waals surface area contributed by atoms with E-state index in [9.17, 15) is 26.4 Å². The molecule has 2 bridgehead atoms. The Hall–Kier alpha value is -2.86. The highest BCUT2D eigenvalue weighted by molar-refractivity contribution is 7.93. The van der Waals surface area contributed by atoms with E-state index in [-0.39, 0.29) is 18.4 Å². The summed E-state index contributed by atoms with van der Waals surface area (Å²) in [6.07, 6.45) is -0.305. The Morgan fingerprint density at radius 3 is 2.46 bits per heavy atom. The van der Waals surface area contributed by atoms with Gasteiger partial charge in [-0.3, -0.25) is 4.79 Å². The number of aryl methyl sites for hydroxylation is 1. The lowest BCUT2D eigenvalue weighted by molar-refractivity contribution is -0.190. The van der Waals surface area contributed by atoms with E-state index in [1.807, 2.05) is 4.90 Å². The van der Waals surface area contributed by atoms with E-state index in [1.54, 1.807) is 28.9 Å². The molecule has 8 nitrogen and oxygen atoms in total. The number of fused-ring (bicyclic) bond motifs is 5. The van der Waals surface area contributed by atoms with Crippen molar-refractivity contribution in [2.24, 2.45) is 5.92 Å². The molecule has 5 heterocycles. The first-order valence-electron chi connectivity index (χ1n) is 12.9. The lowest BCUT2D eigenvalue weighted by atomic mass is 9.95. The number of hydrogen-bond donors (Lipinski definition) is 0. The van der Waals surface area contributed by atoms with Gasteiger partial charge in [-0.05, 0) is 56.2 Å². The highest BCUT2D eigenvalue weighted by Crippen LogP contribution is 2.44. The molecule has 6 rings (SSSR count). The summed E-state index contributed by atoms with van der Waals surface area (Å²) in [5.41, 5.74) is 2.99. The summed E-state index contributed by atoms with van der Waals surface area (Å²) in [6, 6.07) is 5.57. The Morgan fingerprint density at radius 2 is 1.82 bits per heavy atom. The van der Waals surface area contributed by atoms with Crippen LogP contribution in [-0.4, -0.2) is 64.1 Å². The Labute approximate surface area is 228 Å². The van der Waals surface area contributed by atoms with Gasteiger partial charge in [-0.1, -0.05) is 23.7 Å². The summed E-state index contributed by atoms with van der Waals surface area (Å²) < 4.78 is 69.6. The Bertz CT molecular complexity index is 1520. The fourth-order valence-corrected chi connectivity index (χ4v) is 9.14. The second-order valence-corrected chi connectivity index (χ2v) is 13.5. The molecule has 39 heavy (non-hydrogen) atoms. The summed E-state index contributed by atoms with van der Waals surface area (Å²) in [5.74, 6) is -1.39. The molecule has 1 unspecified atom stereocenters. The fourth-order valence-electron chi connectivity index (χ4n) is 6.49. The number of carbonyl (C=O) groups excluding carboxylic acids is 1. The van der Waals surface area contributed by atoms with Crippen LogP contribution in [0.5, 0.6) is 0 Å². The zero-order chi connectivity index (χ0) is 27.7. The summed E-state index contributed by atoms with van der Waals surface area (Å²) >= 11 is 6.06. The number of amides is 1. The third-order valence-electron chi connectivity index (χ3n) is 8.37. The molecule has 2 saturated heterocycles. The van der Waals surface area contributed by atoms with Crippen molar-refractivity contribution in [1.82, 2.24) is 19.5 Å². The van der Waals surface area contributed by atoms with Gasteiger partial charge in [0.05, 0.1) is 28.1 Å². The molecule has 0 N–H and O–H groups in total. The predicted octanol–water partition coefficient (Wildman–Crippen LogP) is 4.88. The van der Waals surface area contributed by atoms with Gasteiger partial charge in [-0.15, -0.1) is 0 Å². The van der Waals surface area contributed by atoms with Crippen molar-refractivity contribution in [2.75, 3.05) is 18.5 Å². The number of halogens is 4.